The SMILES string of the molecule is CC[C@@H](C(=O)N[C@@H]1CCN(C(C)=O)c2ccccc21)N(C)C. The Morgan fingerprint density at radius 3 is 2.64 bits per heavy atom. The molecule has 0 saturated heterocycles. The maximum Gasteiger partial charge on any atom is 0.237 e. The van der Waals surface area contributed by atoms with Gasteiger partial charge in [-0.1, -0.05) is 25.1 Å². The molecule has 0 fully saturated rings. The minimum atomic E-state index is -0.127. The van der Waals surface area contributed by atoms with E-state index < -0.39 is 0 Å². The van der Waals surface area contributed by atoms with Crippen LogP contribution in [0.4, 0.5) is 5.69 Å². The van der Waals surface area contributed by atoms with Gasteiger partial charge in [-0.05, 0) is 38.6 Å². The van der Waals surface area contributed by atoms with Gasteiger partial charge >= 0.3 is 0 Å². The van der Waals surface area contributed by atoms with Crippen LogP contribution in [0.5, 0.6) is 0 Å². The van der Waals surface area contributed by atoms with Crippen LogP contribution in [0.15, 0.2) is 24.3 Å². The predicted molar refractivity (Wildman–Crippen MR) is 87.7 cm³/mol. The molecule has 1 aromatic carbocycles. The zero-order valence-electron chi connectivity index (χ0n) is 13.8. The summed E-state index contributed by atoms with van der Waals surface area (Å²) >= 11 is 0. The van der Waals surface area contributed by atoms with Crippen LogP contribution in [-0.2, 0) is 9.59 Å². The monoisotopic (exact) mass is 303 g/mol. The highest BCUT2D eigenvalue weighted by atomic mass is 16.2. The van der Waals surface area contributed by atoms with E-state index in [0.717, 1.165) is 24.1 Å². The van der Waals surface area contributed by atoms with Gasteiger partial charge in [-0.15, -0.1) is 0 Å². The Kier molecular flexibility index (Phi) is 5.19. The fourth-order valence-corrected chi connectivity index (χ4v) is 3.09. The molecule has 1 aromatic rings. The molecule has 1 N–H and O–H groups in total. The van der Waals surface area contributed by atoms with Crippen molar-refractivity contribution in [3.05, 3.63) is 29.8 Å². The van der Waals surface area contributed by atoms with E-state index in [2.05, 4.69) is 5.32 Å². The Morgan fingerprint density at radius 2 is 2.05 bits per heavy atom. The van der Waals surface area contributed by atoms with Crippen LogP contribution in [0.25, 0.3) is 0 Å². The fraction of sp³-hybridized carbons (Fsp3) is 0.529. The molecule has 22 heavy (non-hydrogen) atoms. The molecule has 2 atom stereocenters. The number of hydrogen-bond acceptors (Lipinski definition) is 3. The summed E-state index contributed by atoms with van der Waals surface area (Å²) in [6.45, 7) is 4.22. The number of hydrogen-bond donors (Lipinski definition) is 1. The number of anilines is 1. The van der Waals surface area contributed by atoms with Crippen molar-refractivity contribution >= 4 is 17.5 Å². The lowest BCUT2D eigenvalue weighted by atomic mass is 9.95. The minimum Gasteiger partial charge on any atom is -0.348 e. The maximum absolute atomic E-state index is 12.5. The normalized spacial score (nSPS) is 18.8. The van der Waals surface area contributed by atoms with Crippen molar-refractivity contribution < 1.29 is 9.59 Å². The van der Waals surface area contributed by atoms with E-state index in [9.17, 15) is 9.59 Å². The molecule has 2 amide bonds. The van der Waals surface area contributed by atoms with Gasteiger partial charge in [0.25, 0.3) is 0 Å². The lowest BCUT2D eigenvalue weighted by molar-refractivity contribution is -0.126. The predicted octanol–water partition coefficient (Wildman–Crippen LogP) is 1.94. The van der Waals surface area contributed by atoms with Gasteiger partial charge in [0.15, 0.2) is 0 Å². The van der Waals surface area contributed by atoms with Gasteiger partial charge in [-0.3, -0.25) is 14.5 Å². The van der Waals surface area contributed by atoms with E-state index in [1.807, 2.05) is 50.2 Å². The molecular formula is C17H25N3O2. The summed E-state index contributed by atoms with van der Waals surface area (Å²) in [4.78, 5) is 28.0. The second-order valence-electron chi connectivity index (χ2n) is 5.97. The molecule has 2 rings (SSSR count). The number of benzene rings is 1. The highest BCUT2D eigenvalue weighted by Crippen LogP contribution is 2.33. The summed E-state index contributed by atoms with van der Waals surface area (Å²) in [5.41, 5.74) is 1.93. The highest BCUT2D eigenvalue weighted by molar-refractivity contribution is 5.93. The van der Waals surface area contributed by atoms with Crippen LogP contribution in [0.2, 0.25) is 0 Å². The quantitative estimate of drug-likeness (QED) is 0.925. The molecule has 0 spiro atoms. The number of nitrogens with zero attached hydrogens (tertiary/aromatic N) is 2. The van der Waals surface area contributed by atoms with Crippen molar-refractivity contribution in [1.82, 2.24) is 10.2 Å². The zero-order valence-corrected chi connectivity index (χ0v) is 13.8. The van der Waals surface area contributed by atoms with E-state index in [-0.39, 0.29) is 23.9 Å². The lowest BCUT2D eigenvalue weighted by Gasteiger charge is -2.35. The number of fused-ring (bicyclic) bond motifs is 1. The summed E-state index contributed by atoms with van der Waals surface area (Å²) in [5, 5.41) is 3.15. The Bertz CT molecular complexity index is 557. The summed E-state index contributed by atoms with van der Waals surface area (Å²) in [6, 6.07) is 7.65. The second-order valence-corrected chi connectivity index (χ2v) is 5.97. The van der Waals surface area contributed by atoms with Crippen molar-refractivity contribution in [3.8, 4) is 0 Å². The number of nitrogens with one attached hydrogen (secondary N) is 1. The largest absolute Gasteiger partial charge is 0.348 e. The first-order valence-electron chi connectivity index (χ1n) is 7.79. The standard InChI is InChI=1S/C17H25N3O2/c1-5-15(19(3)4)17(22)18-14-10-11-20(12(2)21)16-9-7-6-8-13(14)16/h6-9,14-15H,5,10-11H2,1-4H3,(H,18,22)/t14-,15+/m1/s1. The highest BCUT2D eigenvalue weighted by Gasteiger charge is 2.29. The van der Waals surface area contributed by atoms with Crippen LogP contribution < -0.4 is 10.2 Å². The second kappa shape index (κ2) is 6.92. The first-order chi connectivity index (χ1) is 10.5. The number of amides is 2. The minimum absolute atomic E-state index is 0.0340. The van der Waals surface area contributed by atoms with Gasteiger partial charge in [0.1, 0.15) is 0 Å². The van der Waals surface area contributed by atoms with Gasteiger partial charge in [-0.2, -0.15) is 0 Å². The smallest absolute Gasteiger partial charge is 0.237 e. The first-order valence-corrected chi connectivity index (χ1v) is 7.79. The molecular weight excluding hydrogens is 278 g/mol. The van der Waals surface area contributed by atoms with Crippen LogP contribution in [0.3, 0.4) is 0 Å². The van der Waals surface area contributed by atoms with Crippen LogP contribution in [-0.4, -0.2) is 43.4 Å². The number of carbonyl (C=O) groups is 2. The third-order valence-electron chi connectivity index (χ3n) is 4.25. The summed E-state index contributed by atoms with van der Waals surface area (Å²) in [5.74, 6) is 0.0838. The maximum atomic E-state index is 12.5. The van der Waals surface area contributed by atoms with E-state index in [0.29, 0.717) is 6.54 Å². The molecule has 5 heteroatoms. The third kappa shape index (κ3) is 3.30. The Morgan fingerprint density at radius 1 is 1.36 bits per heavy atom. The van der Waals surface area contributed by atoms with Gasteiger partial charge < -0.3 is 10.2 Å². The molecule has 1 heterocycles. The average molecular weight is 303 g/mol. The van der Waals surface area contributed by atoms with Crippen molar-refractivity contribution in [2.45, 2.75) is 38.8 Å². The van der Waals surface area contributed by atoms with Crippen LogP contribution in [0.1, 0.15) is 38.3 Å². The molecule has 0 saturated carbocycles. The van der Waals surface area contributed by atoms with Crippen molar-refractivity contribution in [2.24, 2.45) is 0 Å². The Labute approximate surface area is 132 Å². The molecule has 0 radical (unpaired) electrons. The van der Waals surface area contributed by atoms with Gasteiger partial charge in [0.2, 0.25) is 11.8 Å². The van der Waals surface area contributed by atoms with Crippen LogP contribution >= 0.6 is 0 Å². The molecule has 120 valence electrons. The van der Waals surface area contributed by atoms with E-state index in [1.54, 1.807) is 11.8 Å². The van der Waals surface area contributed by atoms with Crippen molar-refractivity contribution in [3.63, 3.8) is 0 Å². The van der Waals surface area contributed by atoms with Crippen molar-refractivity contribution in [2.75, 3.05) is 25.5 Å². The van der Waals surface area contributed by atoms with E-state index in [4.69, 9.17) is 0 Å². The fourth-order valence-electron chi connectivity index (χ4n) is 3.09. The Balaban J connectivity index is 2.21. The van der Waals surface area contributed by atoms with Crippen molar-refractivity contribution in [1.29, 1.82) is 0 Å². The summed E-state index contributed by atoms with van der Waals surface area (Å²) in [7, 11) is 3.83. The zero-order chi connectivity index (χ0) is 16.3. The van der Waals surface area contributed by atoms with Gasteiger partial charge in [0.05, 0.1) is 12.1 Å². The number of carbonyl (C=O) groups excluding carboxylic acids is 2. The summed E-state index contributed by atoms with van der Waals surface area (Å²) in [6.07, 6.45) is 1.51. The van der Waals surface area contributed by atoms with Gasteiger partial charge in [-0.25, -0.2) is 0 Å². The lowest BCUT2D eigenvalue weighted by Crippen LogP contribution is -2.46. The van der Waals surface area contributed by atoms with Crippen LogP contribution in [0, 0.1) is 0 Å². The molecule has 0 aromatic heterocycles. The summed E-state index contributed by atoms with van der Waals surface area (Å²) < 4.78 is 0. The molecule has 1 aliphatic heterocycles. The molecule has 5 nitrogen and oxygen atoms in total. The van der Waals surface area contributed by atoms with E-state index in [1.165, 1.54) is 0 Å². The molecule has 0 bridgehead atoms. The van der Waals surface area contributed by atoms with E-state index >= 15 is 0 Å². The average Bonchev–Trinajstić information content (AvgIpc) is 2.47. The first kappa shape index (κ1) is 16.5. The molecule has 1 aliphatic rings. The number of rotatable bonds is 4. The molecule has 0 unspecified atom stereocenters. The van der Waals surface area contributed by atoms with Gasteiger partial charge in [0, 0.05) is 19.2 Å². The number of likely N-dealkylation sites (N-methyl/N-ethyl adjacent to an activating group) is 1. The number of para-hydroxylation sites is 1. The molecule has 0 aliphatic carbocycles. The topological polar surface area (TPSA) is 52.7 Å². The Hall–Kier alpha value is -1.88. The third-order valence-corrected chi connectivity index (χ3v) is 4.25.